The average molecular weight is 287 g/mol. The molecule has 0 bridgehead atoms. The van der Waals surface area contributed by atoms with Crippen molar-refractivity contribution >= 4 is 5.95 Å². The zero-order valence-corrected chi connectivity index (χ0v) is 13.2. The van der Waals surface area contributed by atoms with Crippen molar-refractivity contribution in [3.63, 3.8) is 0 Å². The fourth-order valence-electron chi connectivity index (χ4n) is 2.38. The number of methoxy groups -OCH3 is 1. The van der Waals surface area contributed by atoms with Crippen LogP contribution in [0.3, 0.4) is 0 Å². The predicted molar refractivity (Wildman–Crippen MR) is 86.8 cm³/mol. The summed E-state index contributed by atoms with van der Waals surface area (Å²) < 4.78 is 7.28. The molecule has 1 N–H and O–H groups in total. The van der Waals surface area contributed by atoms with Gasteiger partial charge in [-0.15, -0.1) is 0 Å². The number of nitrogens with zero attached hydrogens (tertiary/aromatic N) is 2. The quantitative estimate of drug-likeness (QED) is 0.756. The van der Waals surface area contributed by atoms with Crippen molar-refractivity contribution in [3.8, 4) is 0 Å². The van der Waals surface area contributed by atoms with Crippen LogP contribution in [0.2, 0.25) is 0 Å². The fraction of sp³-hybridized carbons (Fsp3) is 0.471. The van der Waals surface area contributed by atoms with E-state index in [-0.39, 0.29) is 0 Å². The lowest BCUT2D eigenvalue weighted by Gasteiger charge is -2.14. The minimum absolute atomic E-state index is 0.454. The summed E-state index contributed by atoms with van der Waals surface area (Å²) in [4.78, 5) is 4.57. The lowest BCUT2D eigenvalue weighted by molar-refractivity contribution is 0.190. The van der Waals surface area contributed by atoms with Crippen LogP contribution in [-0.4, -0.2) is 29.8 Å². The molecule has 0 radical (unpaired) electrons. The molecule has 0 saturated carbocycles. The molecule has 0 aliphatic heterocycles. The van der Waals surface area contributed by atoms with Crippen molar-refractivity contribution in [1.82, 2.24) is 9.55 Å². The third-order valence-corrected chi connectivity index (χ3v) is 3.58. The zero-order valence-electron chi connectivity index (χ0n) is 13.2. The lowest BCUT2D eigenvalue weighted by Crippen LogP contribution is -2.14. The zero-order chi connectivity index (χ0) is 15.1. The molecule has 21 heavy (non-hydrogen) atoms. The van der Waals surface area contributed by atoms with Crippen molar-refractivity contribution in [2.75, 3.05) is 25.6 Å². The van der Waals surface area contributed by atoms with Crippen molar-refractivity contribution in [1.29, 1.82) is 0 Å². The first-order valence-corrected chi connectivity index (χ1v) is 7.52. The van der Waals surface area contributed by atoms with E-state index >= 15 is 0 Å². The average Bonchev–Trinajstić information content (AvgIpc) is 2.86. The minimum Gasteiger partial charge on any atom is -0.385 e. The van der Waals surface area contributed by atoms with Crippen LogP contribution in [0.15, 0.2) is 36.5 Å². The molecule has 0 amide bonds. The third-order valence-electron chi connectivity index (χ3n) is 3.58. The molecule has 4 heteroatoms. The Morgan fingerprint density at radius 1 is 1.29 bits per heavy atom. The summed E-state index contributed by atoms with van der Waals surface area (Å²) in [5.41, 5.74) is 2.39. The molecule has 114 valence electrons. The molecule has 0 aliphatic carbocycles. The van der Waals surface area contributed by atoms with Crippen LogP contribution < -0.4 is 5.32 Å². The topological polar surface area (TPSA) is 39.1 Å². The normalized spacial score (nSPS) is 12.3. The maximum absolute atomic E-state index is 5.11. The molecule has 0 aliphatic rings. The second kappa shape index (κ2) is 7.84. The van der Waals surface area contributed by atoms with Gasteiger partial charge in [0.15, 0.2) is 0 Å². The highest BCUT2D eigenvalue weighted by Crippen LogP contribution is 2.16. The van der Waals surface area contributed by atoms with Crippen molar-refractivity contribution in [2.45, 2.75) is 32.7 Å². The Bertz CT molecular complexity index is 536. The molecule has 0 saturated heterocycles. The molecule has 1 aromatic heterocycles. The fourth-order valence-corrected chi connectivity index (χ4v) is 2.38. The second-order valence-corrected chi connectivity index (χ2v) is 5.44. The summed E-state index contributed by atoms with van der Waals surface area (Å²) in [6, 6.07) is 10.6. The van der Waals surface area contributed by atoms with Crippen LogP contribution in [0, 0.1) is 6.92 Å². The highest BCUT2D eigenvalue weighted by molar-refractivity contribution is 5.30. The van der Waals surface area contributed by atoms with Crippen LogP contribution in [0.1, 0.15) is 30.5 Å². The molecule has 2 rings (SSSR count). The summed E-state index contributed by atoms with van der Waals surface area (Å²) in [5.74, 6) is 1.40. The van der Waals surface area contributed by atoms with Crippen molar-refractivity contribution in [3.05, 3.63) is 47.8 Å². The molecule has 1 unspecified atom stereocenters. The first kappa shape index (κ1) is 15.6. The van der Waals surface area contributed by atoms with Gasteiger partial charge in [0, 0.05) is 33.0 Å². The van der Waals surface area contributed by atoms with Gasteiger partial charge in [-0.3, -0.25) is 0 Å². The number of hydrogen-bond acceptors (Lipinski definition) is 3. The number of imidazole rings is 1. The smallest absolute Gasteiger partial charge is 0.203 e. The van der Waals surface area contributed by atoms with Crippen LogP contribution in [-0.2, 0) is 11.3 Å². The molecule has 2 aromatic rings. The maximum Gasteiger partial charge on any atom is 0.203 e. The number of anilines is 1. The van der Waals surface area contributed by atoms with E-state index in [1.807, 2.05) is 6.92 Å². The van der Waals surface area contributed by atoms with Crippen LogP contribution in [0.5, 0.6) is 0 Å². The summed E-state index contributed by atoms with van der Waals surface area (Å²) in [6.07, 6.45) is 3.08. The predicted octanol–water partition coefficient (Wildman–Crippen LogP) is 3.44. The Morgan fingerprint density at radius 3 is 2.76 bits per heavy atom. The van der Waals surface area contributed by atoms with E-state index in [4.69, 9.17) is 4.74 Å². The number of aromatic nitrogens is 2. The van der Waals surface area contributed by atoms with Gasteiger partial charge in [-0.05, 0) is 24.8 Å². The first-order chi connectivity index (χ1) is 10.2. The number of aryl methyl sites for hydroxylation is 2. The largest absolute Gasteiger partial charge is 0.385 e. The number of hydrogen-bond donors (Lipinski definition) is 1. The molecule has 0 spiro atoms. The molecule has 1 aromatic carbocycles. The molecular weight excluding hydrogens is 262 g/mol. The van der Waals surface area contributed by atoms with Crippen molar-refractivity contribution in [2.24, 2.45) is 0 Å². The molecular formula is C17H25N3O. The van der Waals surface area contributed by atoms with Gasteiger partial charge in [0.2, 0.25) is 5.95 Å². The van der Waals surface area contributed by atoms with E-state index in [1.165, 1.54) is 5.56 Å². The number of rotatable bonds is 8. The van der Waals surface area contributed by atoms with E-state index < -0.39 is 0 Å². The summed E-state index contributed by atoms with van der Waals surface area (Å²) in [5, 5.41) is 3.47. The summed E-state index contributed by atoms with van der Waals surface area (Å²) in [6.45, 7) is 6.84. The SMILES string of the molecule is COCCCn1cc(C)nc1NCC(C)c1ccccc1. The van der Waals surface area contributed by atoms with Crippen LogP contribution in [0.25, 0.3) is 0 Å². The third kappa shape index (κ3) is 4.60. The van der Waals surface area contributed by atoms with Crippen LogP contribution in [0.4, 0.5) is 5.95 Å². The van der Waals surface area contributed by atoms with E-state index in [2.05, 4.69) is 58.3 Å². The Hall–Kier alpha value is -1.81. The lowest BCUT2D eigenvalue weighted by atomic mass is 10.0. The van der Waals surface area contributed by atoms with Gasteiger partial charge in [0.05, 0.1) is 5.69 Å². The number of ether oxygens (including phenoxy) is 1. The van der Waals surface area contributed by atoms with Gasteiger partial charge in [0.1, 0.15) is 0 Å². The molecule has 0 fully saturated rings. The number of benzene rings is 1. The van der Waals surface area contributed by atoms with E-state index in [0.717, 1.165) is 37.8 Å². The molecule has 1 heterocycles. The molecule has 4 nitrogen and oxygen atoms in total. The van der Waals surface area contributed by atoms with Gasteiger partial charge < -0.3 is 14.6 Å². The summed E-state index contributed by atoms with van der Waals surface area (Å²) >= 11 is 0. The monoisotopic (exact) mass is 287 g/mol. The molecule has 1 atom stereocenters. The second-order valence-electron chi connectivity index (χ2n) is 5.44. The maximum atomic E-state index is 5.11. The standard InChI is InChI=1S/C17H25N3O/c1-14(16-8-5-4-6-9-16)12-18-17-19-15(2)13-20(17)10-7-11-21-3/h4-6,8-9,13-14H,7,10-12H2,1-3H3,(H,18,19). The Morgan fingerprint density at radius 2 is 2.05 bits per heavy atom. The first-order valence-electron chi connectivity index (χ1n) is 7.52. The highest BCUT2D eigenvalue weighted by Gasteiger charge is 2.08. The van der Waals surface area contributed by atoms with E-state index in [9.17, 15) is 0 Å². The van der Waals surface area contributed by atoms with Gasteiger partial charge in [-0.1, -0.05) is 37.3 Å². The Kier molecular flexibility index (Phi) is 5.81. The van der Waals surface area contributed by atoms with Crippen LogP contribution >= 0.6 is 0 Å². The number of nitrogens with one attached hydrogen (secondary N) is 1. The highest BCUT2D eigenvalue weighted by atomic mass is 16.5. The van der Waals surface area contributed by atoms with E-state index in [0.29, 0.717) is 5.92 Å². The summed E-state index contributed by atoms with van der Waals surface area (Å²) in [7, 11) is 1.74. The Labute approximate surface area is 127 Å². The van der Waals surface area contributed by atoms with Gasteiger partial charge in [-0.25, -0.2) is 4.98 Å². The van der Waals surface area contributed by atoms with Gasteiger partial charge in [-0.2, -0.15) is 0 Å². The minimum atomic E-state index is 0.454. The van der Waals surface area contributed by atoms with Gasteiger partial charge in [0.25, 0.3) is 0 Å². The Balaban J connectivity index is 1.93. The van der Waals surface area contributed by atoms with Crippen molar-refractivity contribution < 1.29 is 4.74 Å². The van der Waals surface area contributed by atoms with Gasteiger partial charge >= 0.3 is 0 Å². The van der Waals surface area contributed by atoms with E-state index in [1.54, 1.807) is 7.11 Å².